The summed E-state index contributed by atoms with van der Waals surface area (Å²) < 4.78 is 55.8. The van der Waals surface area contributed by atoms with Gasteiger partial charge in [-0.1, -0.05) is 17.3 Å². The maximum Gasteiger partial charge on any atom is 0.573 e. The molecule has 2 saturated heterocycles. The van der Waals surface area contributed by atoms with Crippen LogP contribution in [-0.4, -0.2) is 50.8 Å². The average molecular weight is 613 g/mol. The van der Waals surface area contributed by atoms with E-state index in [-0.39, 0.29) is 47.7 Å². The van der Waals surface area contributed by atoms with Crippen molar-refractivity contribution in [2.75, 3.05) is 4.90 Å². The third kappa shape index (κ3) is 5.70. The van der Waals surface area contributed by atoms with Gasteiger partial charge in [-0.2, -0.15) is 0 Å². The Labute approximate surface area is 248 Å². The highest BCUT2D eigenvalue weighted by molar-refractivity contribution is 7.14. The maximum atomic E-state index is 13.1. The van der Waals surface area contributed by atoms with E-state index in [1.807, 2.05) is 5.38 Å². The van der Waals surface area contributed by atoms with E-state index in [9.17, 15) is 18.0 Å². The van der Waals surface area contributed by atoms with Gasteiger partial charge in [0.2, 0.25) is 0 Å². The number of halogens is 3. The van der Waals surface area contributed by atoms with Crippen molar-refractivity contribution < 1.29 is 37.1 Å². The van der Waals surface area contributed by atoms with Crippen LogP contribution in [0.5, 0.6) is 5.75 Å². The smallest absolute Gasteiger partial charge is 0.477 e. The summed E-state index contributed by atoms with van der Waals surface area (Å²) in [5.41, 5.74) is 2.73. The van der Waals surface area contributed by atoms with Crippen LogP contribution in [-0.2, 0) is 11.3 Å². The van der Waals surface area contributed by atoms with Crippen LogP contribution in [0.3, 0.4) is 0 Å². The molecule has 1 saturated carbocycles. The number of benzene rings is 1. The quantitative estimate of drug-likeness (QED) is 0.213. The van der Waals surface area contributed by atoms with E-state index in [4.69, 9.17) is 19.4 Å². The molecule has 13 heteroatoms. The fraction of sp³-hybridized carbons (Fsp3) is 0.400. The Morgan fingerprint density at radius 1 is 1.09 bits per heavy atom. The van der Waals surface area contributed by atoms with Crippen molar-refractivity contribution in [3.8, 4) is 28.3 Å². The van der Waals surface area contributed by atoms with Gasteiger partial charge in [-0.15, -0.1) is 24.5 Å². The summed E-state index contributed by atoms with van der Waals surface area (Å²) in [5.74, 6) is -0.521. The molecule has 3 atom stereocenters. The van der Waals surface area contributed by atoms with Gasteiger partial charge in [0.05, 0.1) is 18.4 Å². The number of para-hydroxylation sites is 1. The van der Waals surface area contributed by atoms with Gasteiger partial charge in [0, 0.05) is 46.3 Å². The first-order valence-corrected chi connectivity index (χ1v) is 15.0. The van der Waals surface area contributed by atoms with E-state index in [1.165, 1.54) is 24.4 Å². The minimum Gasteiger partial charge on any atom is -0.477 e. The molecule has 224 valence electrons. The molecule has 0 amide bonds. The van der Waals surface area contributed by atoms with Crippen LogP contribution in [0, 0.1) is 0 Å². The topological polar surface area (TPSA) is 111 Å². The second-order valence-electron chi connectivity index (χ2n) is 11.1. The largest absolute Gasteiger partial charge is 0.573 e. The molecule has 0 spiro atoms. The van der Waals surface area contributed by atoms with E-state index < -0.39 is 12.3 Å². The van der Waals surface area contributed by atoms with E-state index in [2.05, 4.69) is 19.8 Å². The molecule has 1 unspecified atom stereocenters. The Morgan fingerprint density at radius 2 is 1.86 bits per heavy atom. The number of carbonyl (C=O) groups is 1. The molecule has 3 fully saturated rings. The molecule has 3 aliphatic rings. The Hall–Kier alpha value is -3.97. The van der Waals surface area contributed by atoms with Crippen LogP contribution in [0.4, 0.5) is 18.3 Å². The Kier molecular flexibility index (Phi) is 7.08. The monoisotopic (exact) mass is 612 g/mol. The van der Waals surface area contributed by atoms with Crippen molar-refractivity contribution in [3.63, 3.8) is 0 Å². The van der Waals surface area contributed by atoms with Crippen molar-refractivity contribution in [1.29, 1.82) is 0 Å². The normalized spacial score (nSPS) is 21.7. The van der Waals surface area contributed by atoms with Crippen LogP contribution >= 0.6 is 11.3 Å². The lowest BCUT2D eigenvalue weighted by molar-refractivity contribution is -0.274. The molecule has 1 N–H and O–H groups in total. The lowest BCUT2D eigenvalue weighted by atomic mass is 10.00. The number of alkyl halides is 3. The summed E-state index contributed by atoms with van der Waals surface area (Å²) >= 11 is 1.56. The summed E-state index contributed by atoms with van der Waals surface area (Å²) in [6.45, 7) is 0.190. The zero-order valence-electron chi connectivity index (χ0n) is 22.8. The van der Waals surface area contributed by atoms with Crippen molar-refractivity contribution >= 4 is 22.4 Å². The molecular weight excluding hydrogens is 585 g/mol. The van der Waals surface area contributed by atoms with Crippen LogP contribution in [0.2, 0.25) is 0 Å². The number of hydrogen-bond acceptors (Lipinski definition) is 9. The van der Waals surface area contributed by atoms with Crippen molar-refractivity contribution in [2.24, 2.45) is 0 Å². The number of anilines is 1. The van der Waals surface area contributed by atoms with Crippen LogP contribution in [0.25, 0.3) is 22.5 Å². The van der Waals surface area contributed by atoms with Crippen LogP contribution < -0.4 is 9.64 Å². The molecule has 1 aliphatic carbocycles. The fourth-order valence-corrected chi connectivity index (χ4v) is 7.16. The first-order valence-electron chi connectivity index (χ1n) is 14.1. The third-order valence-electron chi connectivity index (χ3n) is 8.28. The lowest BCUT2D eigenvalue weighted by Gasteiger charge is -2.38. The van der Waals surface area contributed by atoms with Gasteiger partial charge in [0.15, 0.2) is 5.13 Å². The van der Waals surface area contributed by atoms with E-state index in [0.717, 1.165) is 54.9 Å². The van der Waals surface area contributed by atoms with Gasteiger partial charge < -0.3 is 24.0 Å². The number of aromatic carboxylic acids is 1. The molecule has 4 aromatic rings. The highest BCUT2D eigenvalue weighted by Crippen LogP contribution is 2.47. The number of hydrogen-bond donors (Lipinski definition) is 1. The van der Waals surface area contributed by atoms with Gasteiger partial charge in [0.25, 0.3) is 0 Å². The van der Waals surface area contributed by atoms with Gasteiger partial charge in [-0.3, -0.25) is 0 Å². The van der Waals surface area contributed by atoms with Gasteiger partial charge >= 0.3 is 12.3 Å². The summed E-state index contributed by atoms with van der Waals surface area (Å²) in [6, 6.07) is 9.65. The first kappa shape index (κ1) is 27.8. The van der Waals surface area contributed by atoms with Crippen molar-refractivity contribution in [1.82, 2.24) is 15.1 Å². The van der Waals surface area contributed by atoms with Gasteiger partial charge in [0.1, 0.15) is 22.9 Å². The minimum absolute atomic E-state index is 0.0132. The number of pyridine rings is 1. The molecule has 2 bridgehead atoms. The standard InChI is InChI=1S/C30H27F3N4O5S/c31-30(32,33)41-25-4-2-1-3-21(25)26-22(27(42-36-26)16-5-6-16)14-40-20-11-18-8-9-19(12-20)37(18)29-35-24(15-43-29)17-7-10-23(28(38)39)34-13-17/h1-4,7,10,13,15-16,18-20H,5-6,8-9,11-12,14H2,(H,38,39)/t18-,19+,20?. The van der Waals surface area contributed by atoms with E-state index in [1.54, 1.807) is 29.5 Å². The van der Waals surface area contributed by atoms with Crippen molar-refractivity contribution in [3.05, 3.63) is 65.0 Å². The summed E-state index contributed by atoms with van der Waals surface area (Å²) in [7, 11) is 0. The number of fused-ring (bicyclic) bond motifs is 2. The molecule has 43 heavy (non-hydrogen) atoms. The Bertz CT molecular complexity index is 1620. The first-order chi connectivity index (χ1) is 20.7. The Morgan fingerprint density at radius 3 is 2.53 bits per heavy atom. The molecule has 5 heterocycles. The number of carboxylic acids is 1. The number of piperidine rings is 1. The molecule has 2 aliphatic heterocycles. The number of aromatic nitrogens is 3. The zero-order valence-corrected chi connectivity index (χ0v) is 23.6. The van der Waals surface area contributed by atoms with Crippen LogP contribution in [0.15, 0.2) is 52.5 Å². The SMILES string of the molecule is O=C(O)c1ccc(-c2csc(N3[C@@H]4CC[C@H]3CC(OCc3c(-c5ccccc5OC(F)(F)F)noc3C3CC3)C4)n2)cn1. The summed E-state index contributed by atoms with van der Waals surface area (Å²) in [6.07, 6.45) is 2.19. The van der Waals surface area contributed by atoms with E-state index >= 15 is 0 Å². The molecule has 1 aromatic carbocycles. The number of thiazole rings is 1. The van der Waals surface area contributed by atoms with Gasteiger partial charge in [-0.05, 0) is 62.8 Å². The number of ether oxygens (including phenoxy) is 2. The predicted molar refractivity (Wildman–Crippen MR) is 150 cm³/mol. The highest BCUT2D eigenvalue weighted by Gasteiger charge is 2.43. The number of carboxylic acid groups (broad SMARTS) is 1. The fourth-order valence-electron chi connectivity index (χ4n) is 6.18. The zero-order chi connectivity index (χ0) is 29.7. The summed E-state index contributed by atoms with van der Waals surface area (Å²) in [5, 5.41) is 16.2. The Balaban J connectivity index is 1.06. The lowest BCUT2D eigenvalue weighted by Crippen LogP contribution is -2.45. The number of nitrogens with zero attached hydrogens (tertiary/aromatic N) is 4. The molecular formula is C30H27F3N4O5S. The minimum atomic E-state index is -4.83. The molecule has 3 aromatic heterocycles. The highest BCUT2D eigenvalue weighted by atomic mass is 32.1. The second-order valence-corrected chi connectivity index (χ2v) is 12.0. The maximum absolute atomic E-state index is 13.1. The molecule has 7 rings (SSSR count). The predicted octanol–water partition coefficient (Wildman–Crippen LogP) is 7.05. The van der Waals surface area contributed by atoms with Crippen molar-refractivity contribution in [2.45, 2.75) is 75.6 Å². The third-order valence-corrected chi connectivity index (χ3v) is 9.13. The van der Waals surface area contributed by atoms with Crippen LogP contribution in [0.1, 0.15) is 66.3 Å². The van der Waals surface area contributed by atoms with E-state index in [0.29, 0.717) is 17.0 Å². The molecule has 9 nitrogen and oxygen atoms in total. The second kappa shape index (κ2) is 10.9. The summed E-state index contributed by atoms with van der Waals surface area (Å²) in [4.78, 5) is 22.4. The average Bonchev–Trinajstić information content (AvgIpc) is 3.44. The molecule has 0 radical (unpaired) electrons. The number of rotatable bonds is 9. The van der Waals surface area contributed by atoms with Gasteiger partial charge in [-0.25, -0.2) is 14.8 Å².